The minimum absolute atomic E-state index is 0.135. The third-order valence-corrected chi connectivity index (χ3v) is 3.87. The Morgan fingerprint density at radius 2 is 2.03 bits per heavy atom. The number of ether oxygens (including phenoxy) is 2. The summed E-state index contributed by atoms with van der Waals surface area (Å²) in [5.41, 5.74) is 3.47. The molecule has 0 unspecified atom stereocenters. The third-order valence-electron chi connectivity index (χ3n) is 3.87. The number of nitrogens with one attached hydrogen (secondary N) is 1. The average Bonchev–Trinajstić information content (AvgIpc) is 3.04. The number of hydrogen-bond acceptors (Lipinski definition) is 5. The number of amides is 1. The van der Waals surface area contributed by atoms with E-state index in [0.717, 1.165) is 11.2 Å². The molecular formula is C22H21N3O4. The highest BCUT2D eigenvalue weighted by atomic mass is 16.6. The van der Waals surface area contributed by atoms with Crippen molar-refractivity contribution < 1.29 is 19.1 Å². The number of fused-ring (bicyclic) bond motifs is 1. The molecule has 2 heterocycles. The second-order valence-electron chi connectivity index (χ2n) is 6.15. The van der Waals surface area contributed by atoms with Gasteiger partial charge in [0, 0.05) is 24.4 Å². The molecule has 7 heteroatoms. The van der Waals surface area contributed by atoms with Crippen LogP contribution in [0.5, 0.6) is 0 Å². The Labute approximate surface area is 168 Å². The number of pyridine rings is 1. The number of benzene rings is 1. The lowest BCUT2D eigenvalue weighted by molar-refractivity contribution is -0.148. The van der Waals surface area contributed by atoms with Crippen molar-refractivity contribution in [3.05, 3.63) is 65.6 Å². The topological polar surface area (TPSA) is 81.9 Å². The zero-order valence-electron chi connectivity index (χ0n) is 16.3. The first-order valence-electron chi connectivity index (χ1n) is 9.16. The summed E-state index contributed by atoms with van der Waals surface area (Å²) < 4.78 is 12.2. The Balaban J connectivity index is 1.86. The molecular weight excluding hydrogens is 370 g/mol. The normalized spacial score (nSPS) is 10.3. The summed E-state index contributed by atoms with van der Waals surface area (Å²) in [6, 6.07) is 12.9. The van der Waals surface area contributed by atoms with Crippen molar-refractivity contribution in [2.75, 3.05) is 18.5 Å². The molecule has 0 aliphatic rings. The van der Waals surface area contributed by atoms with Crippen molar-refractivity contribution in [2.45, 2.75) is 20.5 Å². The van der Waals surface area contributed by atoms with Crippen molar-refractivity contribution in [3.8, 4) is 11.8 Å². The van der Waals surface area contributed by atoms with Crippen LogP contribution in [-0.4, -0.2) is 34.5 Å². The van der Waals surface area contributed by atoms with Crippen LogP contribution in [0.4, 0.5) is 5.69 Å². The van der Waals surface area contributed by atoms with Gasteiger partial charge < -0.3 is 14.8 Å². The number of carbonyl (C=O) groups excluding carboxylic acids is 2. The van der Waals surface area contributed by atoms with Crippen molar-refractivity contribution >= 4 is 23.2 Å². The van der Waals surface area contributed by atoms with Gasteiger partial charge in [0.1, 0.15) is 23.6 Å². The number of rotatable bonds is 6. The van der Waals surface area contributed by atoms with Gasteiger partial charge in [0.25, 0.3) is 0 Å². The first-order chi connectivity index (χ1) is 14.1. The molecule has 0 bridgehead atoms. The maximum atomic E-state index is 11.5. The molecule has 29 heavy (non-hydrogen) atoms. The monoisotopic (exact) mass is 391 g/mol. The van der Waals surface area contributed by atoms with Crippen LogP contribution in [0.1, 0.15) is 30.8 Å². The van der Waals surface area contributed by atoms with E-state index < -0.39 is 5.97 Å². The molecule has 3 aromatic rings. The molecule has 1 N–H and O–H groups in total. The Morgan fingerprint density at radius 3 is 2.83 bits per heavy atom. The predicted octanol–water partition coefficient (Wildman–Crippen LogP) is 2.77. The number of esters is 1. The van der Waals surface area contributed by atoms with Crippen molar-refractivity contribution in [1.82, 2.24) is 9.38 Å². The Kier molecular flexibility index (Phi) is 6.61. The minimum Gasteiger partial charge on any atom is -0.464 e. The summed E-state index contributed by atoms with van der Waals surface area (Å²) in [4.78, 5) is 27.3. The van der Waals surface area contributed by atoms with E-state index in [9.17, 15) is 9.59 Å². The van der Waals surface area contributed by atoms with Gasteiger partial charge in [-0.05, 0) is 43.2 Å². The Hall–Kier alpha value is -3.63. The van der Waals surface area contributed by atoms with Gasteiger partial charge in [-0.3, -0.25) is 9.20 Å². The molecule has 7 nitrogen and oxygen atoms in total. The first kappa shape index (κ1) is 20.1. The van der Waals surface area contributed by atoms with Crippen LogP contribution >= 0.6 is 0 Å². The van der Waals surface area contributed by atoms with E-state index in [1.807, 2.05) is 40.9 Å². The summed E-state index contributed by atoms with van der Waals surface area (Å²) in [6.07, 6.45) is 1.87. The molecule has 0 saturated carbocycles. The lowest BCUT2D eigenvalue weighted by Gasteiger charge is -2.03. The summed E-state index contributed by atoms with van der Waals surface area (Å²) in [7, 11) is 0. The van der Waals surface area contributed by atoms with Crippen LogP contribution in [0.15, 0.2) is 48.7 Å². The fourth-order valence-electron chi connectivity index (χ4n) is 2.72. The van der Waals surface area contributed by atoms with Gasteiger partial charge in [-0.1, -0.05) is 18.1 Å². The SMILES string of the molecule is CCOC(=O)COCc1nc2ccccn2c1C#Cc1cccc(NC(C)=O)c1. The van der Waals surface area contributed by atoms with E-state index in [0.29, 0.717) is 23.7 Å². The van der Waals surface area contributed by atoms with E-state index in [2.05, 4.69) is 22.1 Å². The van der Waals surface area contributed by atoms with E-state index in [-0.39, 0.29) is 19.1 Å². The van der Waals surface area contributed by atoms with Crippen LogP contribution in [0.2, 0.25) is 0 Å². The van der Waals surface area contributed by atoms with E-state index >= 15 is 0 Å². The number of imidazole rings is 1. The quantitative estimate of drug-likeness (QED) is 0.516. The van der Waals surface area contributed by atoms with Crippen molar-refractivity contribution in [1.29, 1.82) is 0 Å². The zero-order valence-corrected chi connectivity index (χ0v) is 16.3. The second kappa shape index (κ2) is 9.53. The fourth-order valence-corrected chi connectivity index (χ4v) is 2.72. The van der Waals surface area contributed by atoms with Gasteiger partial charge in [0.15, 0.2) is 0 Å². The van der Waals surface area contributed by atoms with Gasteiger partial charge in [-0.15, -0.1) is 0 Å². The number of nitrogens with zero attached hydrogens (tertiary/aromatic N) is 2. The summed E-state index contributed by atoms with van der Waals surface area (Å²) in [6.45, 7) is 3.50. The van der Waals surface area contributed by atoms with Crippen molar-refractivity contribution in [2.24, 2.45) is 0 Å². The molecule has 0 atom stereocenters. The summed E-state index contributed by atoms with van der Waals surface area (Å²) >= 11 is 0. The Morgan fingerprint density at radius 1 is 1.17 bits per heavy atom. The highest BCUT2D eigenvalue weighted by Crippen LogP contribution is 2.14. The molecule has 0 aliphatic heterocycles. The maximum Gasteiger partial charge on any atom is 0.332 e. The van der Waals surface area contributed by atoms with Crippen LogP contribution in [0.3, 0.4) is 0 Å². The van der Waals surface area contributed by atoms with Crippen LogP contribution < -0.4 is 5.32 Å². The number of aromatic nitrogens is 2. The standard InChI is InChI=1S/C22H21N3O4/c1-3-29-22(27)15-28-14-19-20(25-12-5-4-9-21(25)24-19)11-10-17-7-6-8-18(13-17)23-16(2)26/h4-9,12-13H,3,14-15H2,1-2H3,(H,23,26). The molecule has 1 amide bonds. The van der Waals surface area contributed by atoms with E-state index in [1.54, 1.807) is 19.1 Å². The van der Waals surface area contributed by atoms with Crippen molar-refractivity contribution in [3.63, 3.8) is 0 Å². The summed E-state index contributed by atoms with van der Waals surface area (Å²) in [5, 5.41) is 2.74. The predicted molar refractivity (Wildman–Crippen MR) is 108 cm³/mol. The third kappa shape index (κ3) is 5.43. The molecule has 0 fully saturated rings. The molecule has 0 radical (unpaired) electrons. The lowest BCUT2D eigenvalue weighted by atomic mass is 10.2. The van der Waals surface area contributed by atoms with Gasteiger partial charge in [-0.2, -0.15) is 0 Å². The average molecular weight is 391 g/mol. The molecule has 148 valence electrons. The van der Waals surface area contributed by atoms with Gasteiger partial charge in [0.2, 0.25) is 5.91 Å². The van der Waals surface area contributed by atoms with E-state index in [4.69, 9.17) is 9.47 Å². The highest BCUT2D eigenvalue weighted by Gasteiger charge is 2.11. The van der Waals surface area contributed by atoms with Gasteiger partial charge >= 0.3 is 5.97 Å². The summed E-state index contributed by atoms with van der Waals surface area (Å²) in [5.74, 6) is 5.68. The molecule has 0 spiro atoms. The number of carbonyl (C=O) groups is 2. The molecule has 0 aliphatic carbocycles. The highest BCUT2D eigenvalue weighted by molar-refractivity contribution is 5.88. The van der Waals surface area contributed by atoms with E-state index in [1.165, 1.54) is 6.92 Å². The molecule has 3 rings (SSSR count). The molecule has 0 saturated heterocycles. The number of hydrogen-bond donors (Lipinski definition) is 1. The maximum absolute atomic E-state index is 11.5. The number of anilines is 1. The first-order valence-corrected chi connectivity index (χ1v) is 9.16. The van der Waals surface area contributed by atoms with Crippen LogP contribution in [0, 0.1) is 11.8 Å². The zero-order chi connectivity index (χ0) is 20.6. The molecule has 1 aromatic carbocycles. The largest absolute Gasteiger partial charge is 0.464 e. The Bertz CT molecular complexity index is 1090. The molecule has 2 aromatic heterocycles. The fraction of sp³-hybridized carbons (Fsp3) is 0.227. The van der Waals surface area contributed by atoms with Gasteiger partial charge in [-0.25, -0.2) is 9.78 Å². The van der Waals surface area contributed by atoms with Gasteiger partial charge in [0.05, 0.1) is 13.2 Å². The second-order valence-corrected chi connectivity index (χ2v) is 6.15. The van der Waals surface area contributed by atoms with Crippen LogP contribution in [-0.2, 0) is 25.7 Å². The smallest absolute Gasteiger partial charge is 0.332 e. The lowest BCUT2D eigenvalue weighted by Crippen LogP contribution is -2.12. The minimum atomic E-state index is -0.418. The van der Waals surface area contributed by atoms with Crippen LogP contribution in [0.25, 0.3) is 5.65 Å².